The number of carbonyl (C=O) groups is 2. The zero-order chi connectivity index (χ0) is 22.5. The lowest BCUT2D eigenvalue weighted by atomic mass is 10.1. The molecule has 32 heavy (non-hydrogen) atoms. The van der Waals surface area contributed by atoms with Gasteiger partial charge in [-0.25, -0.2) is 4.68 Å². The van der Waals surface area contributed by atoms with E-state index < -0.39 is 12.0 Å². The van der Waals surface area contributed by atoms with Crippen LogP contribution >= 0.6 is 0 Å². The number of nitrogens with two attached hydrogens (primary N) is 1. The van der Waals surface area contributed by atoms with Crippen molar-refractivity contribution in [3.05, 3.63) is 78.1 Å². The van der Waals surface area contributed by atoms with Crippen molar-refractivity contribution < 1.29 is 14.7 Å². The molecular weight excluding hydrogens is 408 g/mol. The van der Waals surface area contributed by atoms with Gasteiger partial charge in [0.2, 0.25) is 5.91 Å². The van der Waals surface area contributed by atoms with E-state index >= 15 is 0 Å². The molecule has 0 saturated carbocycles. The molecular formula is C23H24N6O3. The van der Waals surface area contributed by atoms with Crippen LogP contribution in [-0.2, 0) is 16.1 Å². The minimum absolute atomic E-state index is 0.118. The molecule has 1 amide bonds. The number of hydrogen-bond donors (Lipinski definition) is 3. The van der Waals surface area contributed by atoms with Gasteiger partial charge in [0.25, 0.3) is 0 Å². The largest absolute Gasteiger partial charge is 0.480 e. The van der Waals surface area contributed by atoms with Gasteiger partial charge in [0.1, 0.15) is 11.7 Å². The number of benzene rings is 2. The lowest BCUT2D eigenvalue weighted by Crippen LogP contribution is -2.35. The number of anilines is 2. The molecule has 1 aromatic heterocycles. The van der Waals surface area contributed by atoms with Gasteiger partial charge in [-0.1, -0.05) is 47.7 Å². The van der Waals surface area contributed by atoms with Gasteiger partial charge in [-0.15, -0.1) is 5.10 Å². The molecule has 0 spiro atoms. The summed E-state index contributed by atoms with van der Waals surface area (Å²) in [5.74, 6) is -1.18. The standard InChI is InChI=1S/C23H24N6O3/c24-19-8-4-5-9-20(19)25-22(30)11-10-17-14-29(27-26-17)18-12-21(23(31)32)28(15-18)13-16-6-2-1-3-7-16/h1-11,14,18,21H,12-13,15,24H2,(H,25,30)(H,31,32)/b11-10+/t18-,21+/m1/s1. The maximum Gasteiger partial charge on any atom is 0.321 e. The molecule has 0 bridgehead atoms. The van der Waals surface area contributed by atoms with Crippen LogP contribution < -0.4 is 11.1 Å². The third-order valence-electron chi connectivity index (χ3n) is 5.42. The number of nitrogens with zero attached hydrogens (tertiary/aromatic N) is 4. The van der Waals surface area contributed by atoms with Crippen LogP contribution in [0.2, 0.25) is 0 Å². The summed E-state index contributed by atoms with van der Waals surface area (Å²) >= 11 is 0. The van der Waals surface area contributed by atoms with E-state index in [4.69, 9.17) is 5.73 Å². The monoisotopic (exact) mass is 432 g/mol. The van der Waals surface area contributed by atoms with Crippen molar-refractivity contribution in [1.29, 1.82) is 0 Å². The third kappa shape index (κ3) is 5.01. The van der Waals surface area contributed by atoms with Crippen molar-refractivity contribution in [3.63, 3.8) is 0 Å². The lowest BCUT2D eigenvalue weighted by Gasteiger charge is -2.20. The van der Waals surface area contributed by atoms with Crippen molar-refractivity contribution in [2.24, 2.45) is 0 Å². The first kappa shape index (κ1) is 21.3. The summed E-state index contributed by atoms with van der Waals surface area (Å²) < 4.78 is 1.67. The average Bonchev–Trinajstić information content (AvgIpc) is 3.42. The fraction of sp³-hybridized carbons (Fsp3) is 0.217. The van der Waals surface area contributed by atoms with Gasteiger partial charge >= 0.3 is 5.97 Å². The smallest absolute Gasteiger partial charge is 0.321 e. The van der Waals surface area contributed by atoms with E-state index in [1.54, 1.807) is 41.2 Å². The second-order valence-corrected chi connectivity index (χ2v) is 7.69. The SMILES string of the molecule is Nc1ccccc1NC(=O)/C=C/c1cn([C@@H]2C[C@@H](C(=O)O)N(Cc3ccccc3)C2)nn1. The summed E-state index contributed by atoms with van der Waals surface area (Å²) in [6.07, 6.45) is 5.07. The third-order valence-corrected chi connectivity index (χ3v) is 5.42. The summed E-state index contributed by atoms with van der Waals surface area (Å²) in [7, 11) is 0. The van der Waals surface area contributed by atoms with Gasteiger partial charge in [-0.3, -0.25) is 14.5 Å². The molecule has 3 aromatic rings. The Morgan fingerprint density at radius 1 is 1.16 bits per heavy atom. The molecule has 4 rings (SSSR count). The van der Waals surface area contributed by atoms with Crippen molar-refractivity contribution in [3.8, 4) is 0 Å². The van der Waals surface area contributed by atoms with E-state index in [0.717, 1.165) is 5.56 Å². The first-order valence-electron chi connectivity index (χ1n) is 10.3. The Morgan fingerprint density at radius 3 is 2.66 bits per heavy atom. The normalized spacial score (nSPS) is 18.8. The summed E-state index contributed by atoms with van der Waals surface area (Å²) in [5.41, 5.74) is 8.42. The maximum atomic E-state index is 12.2. The van der Waals surface area contributed by atoms with Crippen LogP contribution in [0.3, 0.4) is 0 Å². The van der Waals surface area contributed by atoms with Crippen LogP contribution in [0, 0.1) is 0 Å². The highest BCUT2D eigenvalue weighted by Gasteiger charge is 2.38. The molecule has 164 valence electrons. The van der Waals surface area contributed by atoms with Gasteiger partial charge < -0.3 is 16.2 Å². The summed E-state index contributed by atoms with van der Waals surface area (Å²) in [5, 5.41) is 20.6. The molecule has 1 aliphatic heterocycles. The number of carboxylic acids is 1. The van der Waals surface area contributed by atoms with Gasteiger partial charge in [0.15, 0.2) is 0 Å². The molecule has 0 radical (unpaired) electrons. The number of nitrogen functional groups attached to an aromatic ring is 1. The zero-order valence-corrected chi connectivity index (χ0v) is 17.3. The van der Waals surface area contributed by atoms with Crippen molar-refractivity contribution in [1.82, 2.24) is 19.9 Å². The molecule has 4 N–H and O–H groups in total. The fourth-order valence-electron chi connectivity index (χ4n) is 3.81. The van der Waals surface area contributed by atoms with Crippen LogP contribution in [-0.4, -0.2) is 49.5 Å². The number of para-hydroxylation sites is 2. The Bertz CT molecular complexity index is 1130. The highest BCUT2D eigenvalue weighted by molar-refractivity contribution is 6.03. The molecule has 2 aromatic carbocycles. The molecule has 1 saturated heterocycles. The molecule has 1 aliphatic rings. The Morgan fingerprint density at radius 2 is 1.91 bits per heavy atom. The van der Waals surface area contributed by atoms with Gasteiger partial charge in [-0.05, 0) is 30.2 Å². The minimum Gasteiger partial charge on any atom is -0.480 e. The van der Waals surface area contributed by atoms with E-state index in [0.29, 0.717) is 36.6 Å². The molecule has 0 unspecified atom stereocenters. The zero-order valence-electron chi connectivity index (χ0n) is 17.3. The minimum atomic E-state index is -0.847. The Balaban J connectivity index is 1.40. The second-order valence-electron chi connectivity index (χ2n) is 7.69. The Kier molecular flexibility index (Phi) is 6.27. The first-order valence-corrected chi connectivity index (χ1v) is 10.3. The molecule has 9 nitrogen and oxygen atoms in total. The molecule has 0 aliphatic carbocycles. The van der Waals surface area contributed by atoms with Gasteiger partial charge in [-0.2, -0.15) is 0 Å². The van der Waals surface area contributed by atoms with E-state index in [9.17, 15) is 14.7 Å². The second kappa shape index (κ2) is 9.44. The van der Waals surface area contributed by atoms with Crippen LogP contribution in [0.15, 0.2) is 66.9 Å². The summed E-state index contributed by atoms with van der Waals surface area (Å²) in [6, 6.07) is 16.1. The Labute approximate surface area is 185 Å². The molecule has 1 fully saturated rings. The number of aromatic nitrogens is 3. The highest BCUT2D eigenvalue weighted by atomic mass is 16.4. The van der Waals surface area contributed by atoms with Crippen LogP contribution in [0.5, 0.6) is 0 Å². The first-order chi connectivity index (χ1) is 15.5. The van der Waals surface area contributed by atoms with Crippen LogP contribution in [0.25, 0.3) is 6.08 Å². The van der Waals surface area contributed by atoms with E-state index in [-0.39, 0.29) is 11.9 Å². The number of carbonyl (C=O) groups excluding carboxylic acids is 1. The maximum absolute atomic E-state index is 12.2. The van der Waals surface area contributed by atoms with E-state index in [2.05, 4.69) is 15.6 Å². The van der Waals surface area contributed by atoms with E-state index in [1.165, 1.54) is 6.08 Å². The van der Waals surface area contributed by atoms with Crippen molar-refractivity contribution in [2.75, 3.05) is 17.6 Å². The molecule has 9 heteroatoms. The van der Waals surface area contributed by atoms with Crippen LogP contribution in [0.1, 0.15) is 23.7 Å². The summed E-state index contributed by atoms with van der Waals surface area (Å²) in [6.45, 7) is 1.10. The number of nitrogens with one attached hydrogen (secondary N) is 1. The quantitative estimate of drug-likeness (QED) is 0.386. The molecule has 2 heterocycles. The number of amides is 1. The van der Waals surface area contributed by atoms with Crippen molar-refractivity contribution in [2.45, 2.75) is 25.0 Å². The lowest BCUT2D eigenvalue weighted by molar-refractivity contribution is -0.142. The topological polar surface area (TPSA) is 126 Å². The van der Waals surface area contributed by atoms with Crippen molar-refractivity contribution >= 4 is 29.3 Å². The predicted octanol–water partition coefficient (Wildman–Crippen LogP) is 2.41. The van der Waals surface area contributed by atoms with E-state index in [1.807, 2.05) is 35.2 Å². The van der Waals surface area contributed by atoms with Crippen LogP contribution in [0.4, 0.5) is 11.4 Å². The van der Waals surface area contributed by atoms with Gasteiger partial charge in [0, 0.05) is 19.2 Å². The number of carboxylic acid groups (broad SMARTS) is 1. The molecule has 2 atom stereocenters. The number of rotatable bonds is 7. The summed E-state index contributed by atoms with van der Waals surface area (Å²) in [4.78, 5) is 25.9. The predicted molar refractivity (Wildman–Crippen MR) is 120 cm³/mol. The highest BCUT2D eigenvalue weighted by Crippen LogP contribution is 2.28. The number of hydrogen-bond acceptors (Lipinski definition) is 6. The average molecular weight is 432 g/mol. The number of aliphatic carboxylic acids is 1. The Hall–Kier alpha value is -3.98. The fourth-order valence-corrected chi connectivity index (χ4v) is 3.81. The number of likely N-dealkylation sites (tertiary alicyclic amines) is 1. The van der Waals surface area contributed by atoms with Gasteiger partial charge in [0.05, 0.1) is 23.6 Å².